The van der Waals surface area contributed by atoms with Crippen LogP contribution in [-0.4, -0.2) is 17.1 Å². The second-order valence-corrected chi connectivity index (χ2v) is 7.75. The highest BCUT2D eigenvalue weighted by molar-refractivity contribution is 6.02. The Labute approximate surface area is 184 Å². The molecule has 7 heteroatoms. The van der Waals surface area contributed by atoms with Crippen LogP contribution in [-0.2, 0) is 0 Å². The minimum atomic E-state index is -4.48. The summed E-state index contributed by atoms with van der Waals surface area (Å²) in [7, 11) is 0. The van der Waals surface area contributed by atoms with Gasteiger partial charge in [-0.2, -0.15) is 17.6 Å². The van der Waals surface area contributed by atoms with Gasteiger partial charge in [0.05, 0.1) is 12.0 Å². The fourth-order valence-electron chi connectivity index (χ4n) is 3.49. The van der Waals surface area contributed by atoms with Gasteiger partial charge in [-0.05, 0) is 46.4 Å². The molecule has 0 amide bonds. The molecule has 3 nitrogen and oxygen atoms in total. The zero-order valence-corrected chi connectivity index (χ0v) is 17.7. The minimum absolute atomic E-state index is 0.0262. The van der Waals surface area contributed by atoms with Crippen LogP contribution in [0.4, 0.5) is 23.2 Å². The first kappa shape index (κ1) is 23.2. The fraction of sp³-hybridized carbons (Fsp3) is 0.200. The maximum absolute atomic E-state index is 13.8. The summed E-state index contributed by atoms with van der Waals surface area (Å²) >= 11 is 0. The number of nitrogens with one attached hydrogen (secondary N) is 1. The predicted molar refractivity (Wildman–Crippen MR) is 120 cm³/mol. The van der Waals surface area contributed by atoms with Crippen LogP contribution in [0.1, 0.15) is 54.1 Å². The largest absolute Gasteiger partial charge is 0.398 e. The summed E-state index contributed by atoms with van der Waals surface area (Å²) in [6, 6.07) is 16.0. The normalized spacial score (nSPS) is 12.6. The first-order valence-electron chi connectivity index (χ1n) is 10.0. The topological polar surface area (TPSA) is 62.8 Å². The van der Waals surface area contributed by atoms with E-state index < -0.39 is 18.6 Å². The average molecular weight is 441 g/mol. The summed E-state index contributed by atoms with van der Waals surface area (Å²) < 4.78 is 54.8. The summed E-state index contributed by atoms with van der Waals surface area (Å²) in [6.07, 6.45) is -4.14. The Morgan fingerprint density at radius 1 is 0.969 bits per heavy atom. The van der Waals surface area contributed by atoms with Gasteiger partial charge in [0.15, 0.2) is 0 Å². The third-order valence-corrected chi connectivity index (χ3v) is 5.05. The molecule has 1 aromatic heterocycles. The standard InChI is InChI=1S/C25H23F4N3/c1-15(2)22-11-9-18(14-32-22)23(17-8-10-21(30)19(12-17)24(26)31)20(13-25(27,28)29)16-6-4-3-5-7-16/h3-12,14-15,31H,13,30H2,1-2H3/b23-20-,31-24?. The first-order chi connectivity index (χ1) is 15.1. The van der Waals surface area contributed by atoms with Crippen molar-refractivity contribution in [3.05, 3.63) is 94.8 Å². The van der Waals surface area contributed by atoms with Crippen LogP contribution in [0.5, 0.6) is 0 Å². The average Bonchev–Trinajstić information content (AvgIpc) is 2.74. The summed E-state index contributed by atoms with van der Waals surface area (Å²) in [5, 5.41) is 7.35. The van der Waals surface area contributed by atoms with Gasteiger partial charge in [-0.1, -0.05) is 56.3 Å². The molecule has 3 rings (SSSR count). The summed E-state index contributed by atoms with van der Waals surface area (Å²) in [4.78, 5) is 4.42. The van der Waals surface area contributed by atoms with Gasteiger partial charge in [-0.15, -0.1) is 0 Å². The molecule has 0 atom stereocenters. The SMILES string of the molecule is CC(C)c1ccc(/C(=C(/CC(F)(F)F)c2ccccc2)c2ccc(N)c(C(=N)F)c2)cn1. The van der Waals surface area contributed by atoms with E-state index in [2.05, 4.69) is 4.98 Å². The molecule has 1 heterocycles. The lowest BCUT2D eigenvalue weighted by atomic mass is 9.87. The number of alkyl halides is 3. The number of pyridine rings is 1. The fourth-order valence-corrected chi connectivity index (χ4v) is 3.49. The zero-order chi connectivity index (χ0) is 23.5. The summed E-state index contributed by atoms with van der Waals surface area (Å²) in [6.45, 7) is 3.94. The van der Waals surface area contributed by atoms with E-state index in [4.69, 9.17) is 11.1 Å². The lowest BCUT2D eigenvalue weighted by Gasteiger charge is -2.20. The molecule has 3 aromatic rings. The molecule has 3 N–H and O–H groups in total. The molecule has 2 aromatic carbocycles. The van der Waals surface area contributed by atoms with Gasteiger partial charge in [0, 0.05) is 23.1 Å². The van der Waals surface area contributed by atoms with E-state index >= 15 is 0 Å². The van der Waals surface area contributed by atoms with E-state index in [-0.39, 0.29) is 28.3 Å². The van der Waals surface area contributed by atoms with Gasteiger partial charge >= 0.3 is 6.18 Å². The van der Waals surface area contributed by atoms with Crippen molar-refractivity contribution < 1.29 is 17.6 Å². The third-order valence-electron chi connectivity index (χ3n) is 5.05. The number of allylic oxidation sites excluding steroid dienone is 1. The lowest BCUT2D eigenvalue weighted by molar-refractivity contribution is -0.122. The smallest absolute Gasteiger partial charge is 0.393 e. The number of hydrogen-bond acceptors (Lipinski definition) is 3. The number of rotatable bonds is 6. The molecule has 0 saturated heterocycles. The van der Waals surface area contributed by atoms with Gasteiger partial charge in [0.1, 0.15) is 0 Å². The van der Waals surface area contributed by atoms with Crippen LogP contribution in [0.25, 0.3) is 11.1 Å². The Bertz CT molecular complexity index is 1130. The van der Waals surface area contributed by atoms with Gasteiger partial charge in [0.2, 0.25) is 5.97 Å². The second kappa shape index (κ2) is 9.34. The predicted octanol–water partition coefficient (Wildman–Crippen LogP) is 6.99. The zero-order valence-electron chi connectivity index (χ0n) is 17.7. The van der Waals surface area contributed by atoms with E-state index in [1.54, 1.807) is 42.5 Å². The second-order valence-electron chi connectivity index (χ2n) is 7.75. The van der Waals surface area contributed by atoms with Crippen molar-refractivity contribution in [2.45, 2.75) is 32.4 Å². The number of nitrogen functional groups attached to an aromatic ring is 1. The molecular weight excluding hydrogens is 418 g/mol. The lowest BCUT2D eigenvalue weighted by Crippen LogP contribution is -2.10. The molecule has 166 valence electrons. The highest BCUT2D eigenvalue weighted by Crippen LogP contribution is 2.40. The van der Waals surface area contributed by atoms with E-state index in [1.165, 1.54) is 24.4 Å². The molecule has 0 fully saturated rings. The Hall–Kier alpha value is -3.48. The molecule has 0 aliphatic carbocycles. The van der Waals surface area contributed by atoms with Gasteiger partial charge < -0.3 is 5.73 Å². The van der Waals surface area contributed by atoms with E-state index in [9.17, 15) is 17.6 Å². The number of nitrogens with zero attached hydrogens (tertiary/aromatic N) is 1. The van der Waals surface area contributed by atoms with Crippen LogP contribution in [0, 0.1) is 5.41 Å². The molecule has 0 unspecified atom stereocenters. The first-order valence-corrected chi connectivity index (χ1v) is 10.0. The Balaban J connectivity index is 2.36. The molecule has 32 heavy (non-hydrogen) atoms. The quantitative estimate of drug-likeness (QED) is 0.187. The summed E-state index contributed by atoms with van der Waals surface area (Å²) in [5.74, 6) is -1.11. The van der Waals surface area contributed by atoms with Gasteiger partial charge in [0.25, 0.3) is 0 Å². The van der Waals surface area contributed by atoms with Crippen LogP contribution in [0.15, 0.2) is 66.9 Å². The Morgan fingerprint density at radius 3 is 2.16 bits per heavy atom. The van der Waals surface area contributed by atoms with Gasteiger partial charge in [-0.25, -0.2) is 0 Å². The highest BCUT2D eigenvalue weighted by atomic mass is 19.4. The van der Waals surface area contributed by atoms with Crippen molar-refractivity contribution in [1.82, 2.24) is 4.98 Å². The van der Waals surface area contributed by atoms with Crippen molar-refractivity contribution in [3.63, 3.8) is 0 Å². The molecule has 0 radical (unpaired) electrons. The highest BCUT2D eigenvalue weighted by Gasteiger charge is 2.31. The number of halogens is 4. The van der Waals surface area contributed by atoms with Crippen LogP contribution >= 0.6 is 0 Å². The number of hydrogen-bond donors (Lipinski definition) is 2. The minimum Gasteiger partial charge on any atom is -0.398 e. The maximum atomic E-state index is 13.8. The van der Waals surface area contributed by atoms with Crippen molar-refractivity contribution >= 4 is 22.8 Å². The van der Waals surface area contributed by atoms with Crippen molar-refractivity contribution in [1.29, 1.82) is 5.41 Å². The van der Waals surface area contributed by atoms with Crippen LogP contribution < -0.4 is 5.73 Å². The van der Waals surface area contributed by atoms with E-state index in [0.29, 0.717) is 16.7 Å². The number of anilines is 1. The molecule has 0 saturated carbocycles. The monoisotopic (exact) mass is 441 g/mol. The maximum Gasteiger partial charge on any atom is 0.393 e. The number of aromatic nitrogens is 1. The molecule has 0 spiro atoms. The van der Waals surface area contributed by atoms with E-state index in [1.807, 2.05) is 13.8 Å². The van der Waals surface area contributed by atoms with E-state index in [0.717, 1.165) is 5.69 Å². The third kappa shape index (κ3) is 5.41. The van der Waals surface area contributed by atoms with Crippen molar-refractivity contribution in [2.24, 2.45) is 0 Å². The Kier molecular flexibility index (Phi) is 6.77. The van der Waals surface area contributed by atoms with Crippen LogP contribution in [0.3, 0.4) is 0 Å². The molecule has 0 aliphatic rings. The van der Waals surface area contributed by atoms with Gasteiger partial charge in [-0.3, -0.25) is 10.4 Å². The van der Waals surface area contributed by atoms with Crippen LogP contribution in [0.2, 0.25) is 0 Å². The number of nitrogens with two attached hydrogens (primary N) is 1. The summed E-state index contributed by atoms with van der Waals surface area (Å²) in [5.41, 5.74) is 7.89. The molecular formula is C25H23F4N3. The number of benzene rings is 2. The Morgan fingerprint density at radius 2 is 1.62 bits per heavy atom. The molecule has 0 aliphatic heterocycles. The molecule has 0 bridgehead atoms. The van der Waals surface area contributed by atoms with Crippen molar-refractivity contribution in [2.75, 3.05) is 5.73 Å². The van der Waals surface area contributed by atoms with Crippen molar-refractivity contribution in [3.8, 4) is 0 Å².